The second kappa shape index (κ2) is 9.65. The van der Waals surface area contributed by atoms with Gasteiger partial charge in [-0.15, -0.1) is 0 Å². The van der Waals surface area contributed by atoms with E-state index in [1.165, 1.54) is 6.07 Å². The van der Waals surface area contributed by atoms with E-state index in [9.17, 15) is 14.9 Å². The van der Waals surface area contributed by atoms with Crippen molar-refractivity contribution in [2.75, 3.05) is 54.5 Å². The number of benzene rings is 2. The topological polar surface area (TPSA) is 88.0 Å². The number of nitro benzene ring substituents is 1. The van der Waals surface area contributed by atoms with Gasteiger partial charge in [0.2, 0.25) is 0 Å². The van der Waals surface area contributed by atoms with Gasteiger partial charge in [-0.2, -0.15) is 0 Å². The number of carbonyl (C=O) groups is 1. The van der Waals surface area contributed by atoms with E-state index in [1.54, 1.807) is 12.1 Å². The summed E-state index contributed by atoms with van der Waals surface area (Å²) in [5.74, 6) is -0.376. The molecule has 31 heavy (non-hydrogen) atoms. The average Bonchev–Trinajstić information content (AvgIpc) is 2.80. The van der Waals surface area contributed by atoms with E-state index < -0.39 is 4.92 Å². The minimum absolute atomic E-state index is 0.0293. The number of rotatable bonds is 5. The van der Waals surface area contributed by atoms with Crippen molar-refractivity contribution in [1.29, 1.82) is 0 Å². The van der Waals surface area contributed by atoms with Crippen molar-refractivity contribution in [3.05, 3.63) is 56.5 Å². The normalized spacial score (nSPS) is 16.8. The van der Waals surface area contributed by atoms with Crippen molar-refractivity contribution < 1.29 is 14.5 Å². The molecule has 2 fully saturated rings. The van der Waals surface area contributed by atoms with Crippen LogP contribution < -0.4 is 15.1 Å². The summed E-state index contributed by atoms with van der Waals surface area (Å²) in [6.07, 6.45) is 3.19. The van der Waals surface area contributed by atoms with Gasteiger partial charge in [-0.1, -0.05) is 0 Å². The number of piperidine rings is 1. The van der Waals surface area contributed by atoms with E-state index in [0.717, 1.165) is 55.6 Å². The van der Waals surface area contributed by atoms with Gasteiger partial charge in [-0.3, -0.25) is 14.9 Å². The Hall–Kier alpha value is -2.65. The van der Waals surface area contributed by atoms with E-state index in [1.807, 2.05) is 23.1 Å². The van der Waals surface area contributed by atoms with Gasteiger partial charge in [0.05, 0.1) is 23.8 Å². The molecule has 164 valence electrons. The van der Waals surface area contributed by atoms with Gasteiger partial charge < -0.3 is 19.9 Å². The van der Waals surface area contributed by atoms with Gasteiger partial charge >= 0.3 is 0 Å². The van der Waals surface area contributed by atoms with Crippen molar-refractivity contribution in [3.8, 4) is 0 Å². The number of ether oxygens (including phenoxy) is 1. The molecule has 0 unspecified atom stereocenters. The molecule has 0 spiro atoms. The molecule has 1 amide bonds. The van der Waals surface area contributed by atoms with Gasteiger partial charge in [0, 0.05) is 48.0 Å². The number of anilines is 3. The van der Waals surface area contributed by atoms with Crippen molar-refractivity contribution in [2.24, 2.45) is 0 Å². The molecular formula is C22H25BrN4O4. The Morgan fingerprint density at radius 2 is 1.65 bits per heavy atom. The SMILES string of the molecule is O=C(Nc1ccc(N2CCOCC2)c(Br)c1)c1ccc(N2CCCCC2)c([N+](=O)[O-])c1. The average molecular weight is 489 g/mol. The molecule has 0 saturated carbocycles. The lowest BCUT2D eigenvalue weighted by Gasteiger charge is -2.29. The molecule has 2 aromatic carbocycles. The highest BCUT2D eigenvalue weighted by Crippen LogP contribution is 2.33. The fourth-order valence-electron chi connectivity index (χ4n) is 4.06. The van der Waals surface area contributed by atoms with Crippen LogP contribution in [0, 0.1) is 10.1 Å². The molecule has 0 bridgehead atoms. The van der Waals surface area contributed by atoms with Gasteiger partial charge in [-0.05, 0) is 65.5 Å². The third-order valence-electron chi connectivity index (χ3n) is 5.69. The molecule has 1 N–H and O–H groups in total. The smallest absolute Gasteiger partial charge is 0.293 e. The van der Waals surface area contributed by atoms with E-state index in [0.29, 0.717) is 24.6 Å². The predicted molar refractivity (Wildman–Crippen MR) is 124 cm³/mol. The Morgan fingerprint density at radius 1 is 0.968 bits per heavy atom. The zero-order valence-corrected chi connectivity index (χ0v) is 18.8. The number of nitro groups is 1. The molecule has 2 aliphatic heterocycles. The van der Waals surface area contributed by atoms with Crippen LogP contribution in [0.3, 0.4) is 0 Å². The summed E-state index contributed by atoms with van der Waals surface area (Å²) in [6, 6.07) is 10.4. The van der Waals surface area contributed by atoms with Crippen LogP contribution >= 0.6 is 15.9 Å². The molecule has 8 nitrogen and oxygen atoms in total. The van der Waals surface area contributed by atoms with E-state index in [4.69, 9.17) is 4.74 Å². The van der Waals surface area contributed by atoms with Crippen LogP contribution in [0.25, 0.3) is 0 Å². The summed E-state index contributed by atoms with van der Waals surface area (Å²) < 4.78 is 6.27. The molecule has 2 aliphatic rings. The van der Waals surface area contributed by atoms with Crippen molar-refractivity contribution in [2.45, 2.75) is 19.3 Å². The largest absolute Gasteiger partial charge is 0.378 e. The Balaban J connectivity index is 1.51. The van der Waals surface area contributed by atoms with E-state index in [2.05, 4.69) is 26.1 Å². The second-order valence-corrected chi connectivity index (χ2v) is 8.58. The quantitative estimate of drug-likeness (QED) is 0.494. The Labute approximate surface area is 189 Å². The minimum Gasteiger partial charge on any atom is -0.378 e. The highest BCUT2D eigenvalue weighted by Gasteiger charge is 2.23. The molecule has 2 aromatic rings. The maximum Gasteiger partial charge on any atom is 0.293 e. The molecule has 0 radical (unpaired) electrons. The van der Waals surface area contributed by atoms with Crippen molar-refractivity contribution >= 4 is 44.6 Å². The van der Waals surface area contributed by atoms with Crippen LogP contribution in [-0.2, 0) is 4.74 Å². The number of nitrogens with zero attached hydrogens (tertiary/aromatic N) is 3. The predicted octanol–water partition coefficient (Wildman–Crippen LogP) is 4.44. The third-order valence-corrected chi connectivity index (χ3v) is 6.32. The first-order chi connectivity index (χ1) is 15.0. The summed E-state index contributed by atoms with van der Waals surface area (Å²) in [4.78, 5) is 28.3. The Kier molecular flexibility index (Phi) is 6.72. The number of nitrogens with one attached hydrogen (secondary N) is 1. The summed E-state index contributed by atoms with van der Waals surface area (Å²) in [6.45, 7) is 4.62. The van der Waals surface area contributed by atoms with Gasteiger partial charge in [0.1, 0.15) is 5.69 Å². The van der Waals surface area contributed by atoms with Crippen LogP contribution in [0.1, 0.15) is 29.6 Å². The van der Waals surface area contributed by atoms with Crippen molar-refractivity contribution in [3.63, 3.8) is 0 Å². The fourth-order valence-corrected chi connectivity index (χ4v) is 4.69. The van der Waals surface area contributed by atoms with E-state index >= 15 is 0 Å². The number of carbonyl (C=O) groups excluding carboxylic acids is 1. The molecule has 2 saturated heterocycles. The zero-order chi connectivity index (χ0) is 21.8. The molecule has 4 rings (SSSR count). The Morgan fingerprint density at radius 3 is 2.32 bits per heavy atom. The standard InChI is InChI=1S/C22H25BrN4O4/c23-18-15-17(5-7-19(18)26-10-12-31-13-11-26)24-22(28)16-4-6-20(21(14-16)27(29)30)25-8-2-1-3-9-25/h4-7,14-15H,1-3,8-13H2,(H,24,28). The molecule has 9 heteroatoms. The second-order valence-electron chi connectivity index (χ2n) is 7.73. The maximum absolute atomic E-state index is 12.8. The van der Waals surface area contributed by atoms with Gasteiger partial charge in [-0.25, -0.2) is 0 Å². The molecule has 0 aliphatic carbocycles. The summed E-state index contributed by atoms with van der Waals surface area (Å²) >= 11 is 3.58. The molecular weight excluding hydrogens is 464 g/mol. The Bertz CT molecular complexity index is 972. The zero-order valence-electron chi connectivity index (χ0n) is 17.2. The first kappa shape index (κ1) is 21.6. The summed E-state index contributed by atoms with van der Waals surface area (Å²) in [5.41, 5.74) is 2.48. The number of halogens is 1. The van der Waals surface area contributed by atoms with Crippen LogP contribution in [0.5, 0.6) is 0 Å². The summed E-state index contributed by atoms with van der Waals surface area (Å²) in [7, 11) is 0. The highest BCUT2D eigenvalue weighted by atomic mass is 79.9. The van der Waals surface area contributed by atoms with Crippen LogP contribution in [0.2, 0.25) is 0 Å². The lowest BCUT2D eigenvalue weighted by molar-refractivity contribution is -0.384. The monoisotopic (exact) mass is 488 g/mol. The third kappa shape index (κ3) is 4.99. The number of amides is 1. The maximum atomic E-state index is 12.8. The first-order valence-corrected chi connectivity index (χ1v) is 11.3. The van der Waals surface area contributed by atoms with E-state index in [-0.39, 0.29) is 17.2 Å². The number of morpholine rings is 1. The molecule has 0 atom stereocenters. The van der Waals surface area contributed by atoms with Crippen LogP contribution in [-0.4, -0.2) is 50.2 Å². The number of hydrogen-bond donors (Lipinski definition) is 1. The lowest BCUT2D eigenvalue weighted by atomic mass is 10.1. The van der Waals surface area contributed by atoms with Gasteiger partial charge in [0.25, 0.3) is 11.6 Å². The fraction of sp³-hybridized carbons (Fsp3) is 0.409. The molecule has 0 aromatic heterocycles. The van der Waals surface area contributed by atoms with Crippen LogP contribution in [0.15, 0.2) is 40.9 Å². The number of hydrogen-bond acceptors (Lipinski definition) is 6. The van der Waals surface area contributed by atoms with Crippen molar-refractivity contribution in [1.82, 2.24) is 0 Å². The van der Waals surface area contributed by atoms with Gasteiger partial charge in [0.15, 0.2) is 0 Å². The first-order valence-electron chi connectivity index (χ1n) is 10.5. The highest BCUT2D eigenvalue weighted by molar-refractivity contribution is 9.10. The molecule has 2 heterocycles. The summed E-state index contributed by atoms with van der Waals surface area (Å²) in [5, 5.41) is 14.5. The lowest BCUT2D eigenvalue weighted by Crippen LogP contribution is -2.36. The minimum atomic E-state index is -0.408. The van der Waals surface area contributed by atoms with Crippen LogP contribution in [0.4, 0.5) is 22.7 Å².